The fourth-order valence-electron chi connectivity index (χ4n) is 8.97. The van der Waals surface area contributed by atoms with Crippen molar-refractivity contribution in [1.29, 1.82) is 0 Å². The minimum Gasteiger partial charge on any atom is -0.379 e. The summed E-state index contributed by atoms with van der Waals surface area (Å²) in [5.41, 5.74) is 11.4. The second-order valence-corrected chi connectivity index (χ2v) is 18.0. The summed E-state index contributed by atoms with van der Waals surface area (Å²) in [7, 11) is 8.72. The van der Waals surface area contributed by atoms with Crippen molar-refractivity contribution in [3.8, 4) is 0 Å². The highest BCUT2D eigenvalue weighted by atomic mass is 16.5. The van der Waals surface area contributed by atoms with Crippen molar-refractivity contribution in [2.45, 2.75) is 144 Å². The second-order valence-electron chi connectivity index (χ2n) is 18.0. The zero-order chi connectivity index (χ0) is 43.9. The van der Waals surface area contributed by atoms with Crippen molar-refractivity contribution in [3.63, 3.8) is 0 Å². The molecule has 2 rings (SSSR count). The SMILES string of the molecule is CC[C@H](C)[C@@H]([C@@H](CC(=O)N1CCC[C@H]1[C@H](OC)[C@@H](C)C(=O)N[C@H](CN=[N+]=[N-])Cc1ccc(CC(C)C)cc1)OC)N(C)C(=O)C(CC(=O)[C@H](C(C)C)N(C)C)C(C)C. The van der Waals surface area contributed by atoms with Crippen LogP contribution in [0.1, 0.15) is 106 Å². The lowest BCUT2D eigenvalue weighted by molar-refractivity contribution is -0.149. The summed E-state index contributed by atoms with van der Waals surface area (Å²) in [5, 5.41) is 6.89. The van der Waals surface area contributed by atoms with Crippen molar-refractivity contribution in [2.75, 3.05) is 48.5 Å². The molecule has 1 N–H and O–H groups in total. The van der Waals surface area contributed by atoms with Crippen LogP contribution in [0.15, 0.2) is 29.4 Å². The third-order valence-corrected chi connectivity index (χ3v) is 12.2. The van der Waals surface area contributed by atoms with Crippen LogP contribution in [0.4, 0.5) is 0 Å². The van der Waals surface area contributed by atoms with Crippen LogP contribution in [0, 0.1) is 35.5 Å². The number of rotatable bonds is 25. The molecule has 1 unspecified atom stereocenters. The first kappa shape index (κ1) is 50.6. The Labute approximate surface area is 349 Å². The van der Waals surface area contributed by atoms with Gasteiger partial charge in [0.05, 0.1) is 42.7 Å². The molecule has 1 aliphatic heterocycles. The Morgan fingerprint density at radius 3 is 2.00 bits per heavy atom. The molecule has 1 heterocycles. The van der Waals surface area contributed by atoms with Gasteiger partial charge in [0.25, 0.3) is 0 Å². The highest BCUT2D eigenvalue weighted by Gasteiger charge is 2.43. The number of nitrogens with zero attached hydrogens (tertiary/aromatic N) is 6. The standard InChI is InChI=1S/C45H77N7O6/c1-15-31(8)42(51(12)45(56)36(29(4)5)25-38(53)41(30(6)7)50(10)11)39(57-13)26-40(54)52-22-16-17-37(52)43(58-14)32(9)44(55)48-35(27-47-49-46)24-34-20-18-33(19-21-34)23-28(2)3/h18-21,28-32,35-37,39,41-43H,15-17,22-27H2,1-14H3,(H,48,55)/t31-,32+,35-,36?,37-,39+,41-,42-,43+/m0/s1. The van der Waals surface area contributed by atoms with Crippen LogP contribution in [-0.4, -0.2) is 123 Å². The van der Waals surface area contributed by atoms with E-state index >= 15 is 0 Å². The van der Waals surface area contributed by atoms with Crippen molar-refractivity contribution < 1.29 is 28.7 Å². The Morgan fingerprint density at radius 1 is 0.914 bits per heavy atom. The molecule has 13 nitrogen and oxygen atoms in total. The van der Waals surface area contributed by atoms with E-state index in [-0.39, 0.29) is 72.7 Å². The van der Waals surface area contributed by atoms with Gasteiger partial charge in [0.1, 0.15) is 0 Å². The average molecular weight is 812 g/mol. The number of amides is 3. The summed E-state index contributed by atoms with van der Waals surface area (Å²) in [6.45, 7) is 18.9. The molecule has 13 heteroatoms. The maximum Gasteiger partial charge on any atom is 0.226 e. The van der Waals surface area contributed by atoms with E-state index in [0.717, 1.165) is 24.8 Å². The number of hydrogen-bond acceptors (Lipinski definition) is 8. The van der Waals surface area contributed by atoms with Crippen molar-refractivity contribution in [2.24, 2.45) is 40.6 Å². The van der Waals surface area contributed by atoms with Gasteiger partial charge in [0, 0.05) is 57.6 Å². The van der Waals surface area contributed by atoms with Crippen LogP contribution in [0.3, 0.4) is 0 Å². The lowest BCUT2D eigenvalue weighted by atomic mass is 9.83. The number of methoxy groups -OCH3 is 2. The largest absolute Gasteiger partial charge is 0.379 e. The van der Waals surface area contributed by atoms with Crippen molar-refractivity contribution >= 4 is 23.5 Å². The molecule has 1 saturated heterocycles. The van der Waals surface area contributed by atoms with E-state index < -0.39 is 36.1 Å². The Kier molecular flexibility index (Phi) is 21.4. The summed E-state index contributed by atoms with van der Waals surface area (Å²) in [6, 6.07) is 6.85. The predicted molar refractivity (Wildman–Crippen MR) is 231 cm³/mol. The lowest BCUT2D eigenvalue weighted by Gasteiger charge is -2.41. The number of carbonyl (C=O) groups is 4. The molecule has 0 aliphatic carbocycles. The Hall–Kier alpha value is -3.51. The molecule has 1 aromatic carbocycles. The van der Waals surface area contributed by atoms with Crippen molar-refractivity contribution in [1.82, 2.24) is 20.0 Å². The van der Waals surface area contributed by atoms with Crippen LogP contribution in [-0.2, 0) is 41.5 Å². The number of nitrogens with one attached hydrogen (secondary N) is 1. The molecule has 3 amide bonds. The fraction of sp³-hybridized carbons (Fsp3) is 0.778. The number of azide groups is 1. The number of carbonyl (C=O) groups excluding carboxylic acids is 4. The molecule has 1 aromatic rings. The molecule has 0 aromatic heterocycles. The summed E-state index contributed by atoms with van der Waals surface area (Å²) in [5.74, 6) is -0.982. The van der Waals surface area contributed by atoms with E-state index in [0.29, 0.717) is 25.3 Å². The summed E-state index contributed by atoms with van der Waals surface area (Å²) >= 11 is 0. The van der Waals surface area contributed by atoms with E-state index in [2.05, 4.69) is 67.3 Å². The summed E-state index contributed by atoms with van der Waals surface area (Å²) in [6.07, 6.45) is 2.67. The van der Waals surface area contributed by atoms with Gasteiger partial charge in [0.2, 0.25) is 17.7 Å². The van der Waals surface area contributed by atoms with Crippen molar-refractivity contribution in [3.05, 3.63) is 45.8 Å². The molecular weight excluding hydrogens is 735 g/mol. The zero-order valence-electron chi connectivity index (χ0n) is 38.2. The second kappa shape index (κ2) is 24.5. The van der Waals surface area contributed by atoms with Crippen LogP contribution in [0.2, 0.25) is 0 Å². The highest BCUT2D eigenvalue weighted by molar-refractivity contribution is 5.90. The smallest absolute Gasteiger partial charge is 0.226 e. The van der Waals surface area contributed by atoms with Crippen LogP contribution >= 0.6 is 0 Å². The first-order valence-electron chi connectivity index (χ1n) is 21.5. The van der Waals surface area contributed by atoms with E-state index in [9.17, 15) is 19.2 Å². The molecule has 58 heavy (non-hydrogen) atoms. The Morgan fingerprint density at radius 2 is 1.52 bits per heavy atom. The van der Waals surface area contributed by atoms with E-state index in [1.807, 2.05) is 58.5 Å². The highest BCUT2D eigenvalue weighted by Crippen LogP contribution is 2.31. The normalized spacial score (nSPS) is 18.7. The minimum absolute atomic E-state index is 0.00140. The van der Waals surface area contributed by atoms with Gasteiger partial charge in [0.15, 0.2) is 5.78 Å². The van der Waals surface area contributed by atoms with Gasteiger partial charge in [-0.25, -0.2) is 0 Å². The third-order valence-electron chi connectivity index (χ3n) is 12.2. The maximum atomic E-state index is 14.3. The molecule has 0 saturated carbocycles. The minimum atomic E-state index is -0.612. The number of ether oxygens (including phenoxy) is 2. The van der Waals surface area contributed by atoms with Gasteiger partial charge < -0.3 is 24.6 Å². The summed E-state index contributed by atoms with van der Waals surface area (Å²) in [4.78, 5) is 64.5. The molecule has 0 spiro atoms. The molecular formula is C45H77N7O6. The van der Waals surface area contributed by atoms with Gasteiger partial charge in [-0.05, 0) is 80.1 Å². The topological polar surface area (TPSA) is 157 Å². The van der Waals surface area contributed by atoms with Gasteiger partial charge in [-0.1, -0.05) is 98.1 Å². The van der Waals surface area contributed by atoms with E-state index in [1.165, 1.54) is 5.56 Å². The number of Topliss-reactive ketones (excluding diaryl/α,β-unsaturated/α-hetero) is 1. The number of likely N-dealkylation sites (tertiary alicyclic amines) is 1. The quantitative estimate of drug-likeness (QED) is 0.0636. The third kappa shape index (κ3) is 14.3. The monoisotopic (exact) mass is 812 g/mol. The van der Waals surface area contributed by atoms with Crippen LogP contribution in [0.5, 0.6) is 0 Å². The number of ketones is 1. The molecule has 0 bridgehead atoms. The first-order chi connectivity index (χ1) is 27.3. The molecule has 9 atom stereocenters. The van der Waals surface area contributed by atoms with Crippen LogP contribution < -0.4 is 5.32 Å². The van der Waals surface area contributed by atoms with E-state index in [4.69, 9.17) is 15.0 Å². The predicted octanol–water partition coefficient (Wildman–Crippen LogP) is 6.96. The number of benzene rings is 1. The fourth-order valence-corrected chi connectivity index (χ4v) is 8.97. The molecule has 1 aliphatic rings. The molecule has 1 fully saturated rings. The summed E-state index contributed by atoms with van der Waals surface area (Å²) < 4.78 is 12.1. The molecule has 0 radical (unpaired) electrons. The average Bonchev–Trinajstić information content (AvgIpc) is 3.65. The van der Waals surface area contributed by atoms with Crippen LogP contribution in [0.25, 0.3) is 10.4 Å². The number of hydrogen-bond donors (Lipinski definition) is 1. The first-order valence-corrected chi connectivity index (χ1v) is 21.5. The Bertz CT molecular complexity index is 1490. The van der Waals surface area contributed by atoms with Gasteiger partial charge in [-0.2, -0.15) is 0 Å². The van der Waals surface area contributed by atoms with Gasteiger partial charge in [-0.15, -0.1) is 0 Å². The Balaban J connectivity index is 2.27. The zero-order valence-corrected chi connectivity index (χ0v) is 38.2. The number of likely N-dealkylation sites (N-methyl/N-ethyl adjacent to an activating group) is 2. The van der Waals surface area contributed by atoms with Gasteiger partial charge in [-0.3, -0.25) is 24.1 Å². The molecule has 328 valence electrons. The maximum absolute atomic E-state index is 14.3. The van der Waals surface area contributed by atoms with Gasteiger partial charge >= 0.3 is 0 Å². The lowest BCUT2D eigenvalue weighted by Crippen LogP contribution is -2.54. The van der Waals surface area contributed by atoms with E-state index in [1.54, 1.807) is 26.2 Å².